The first kappa shape index (κ1) is 18.3. The molecule has 0 aliphatic heterocycles. The molecule has 0 saturated heterocycles. The van der Waals surface area contributed by atoms with Crippen LogP contribution in [0.15, 0.2) is 42.5 Å². The van der Waals surface area contributed by atoms with E-state index in [9.17, 15) is 0 Å². The molecule has 5 heteroatoms. The molecule has 2 aromatic carbocycles. The van der Waals surface area contributed by atoms with Crippen molar-refractivity contribution in [3.8, 4) is 5.75 Å². The molecule has 20 heavy (non-hydrogen) atoms. The van der Waals surface area contributed by atoms with Crippen LogP contribution in [0.3, 0.4) is 0 Å². The molecule has 0 spiro atoms. The Morgan fingerprint density at radius 2 is 1.75 bits per heavy atom. The van der Waals surface area contributed by atoms with Crippen LogP contribution in [-0.4, -0.2) is 11.9 Å². The third-order valence-electron chi connectivity index (χ3n) is 2.30. The molecule has 0 heterocycles. The number of phenolic OH excluding ortho intramolecular Hbond substituents is 1. The number of carbonyl (C=O) groups excluding carboxylic acids is 1. The molecule has 0 fully saturated rings. The first-order valence-corrected chi connectivity index (χ1v) is 6.56. The van der Waals surface area contributed by atoms with Crippen molar-refractivity contribution in [1.29, 1.82) is 0 Å². The number of carbonyl (C=O) groups is 1. The van der Waals surface area contributed by atoms with Gasteiger partial charge in [0, 0.05) is 0 Å². The van der Waals surface area contributed by atoms with Crippen molar-refractivity contribution in [2.45, 2.75) is 13.3 Å². The molecule has 2 rings (SSSR count). The molecule has 0 aromatic heterocycles. The number of aromatic hydroxyl groups is 1. The smallest absolute Gasteiger partial charge is 0.115 e. The normalized spacial score (nSPS) is 8.75. The van der Waals surface area contributed by atoms with Crippen molar-refractivity contribution >= 4 is 35.7 Å². The van der Waals surface area contributed by atoms with E-state index in [0.29, 0.717) is 21.5 Å². The number of phenols is 1. The molecule has 3 nitrogen and oxygen atoms in total. The Morgan fingerprint density at radius 3 is 2.15 bits per heavy atom. The van der Waals surface area contributed by atoms with Crippen molar-refractivity contribution in [3.63, 3.8) is 0 Å². The maximum atomic E-state index is 8.94. The minimum absolute atomic E-state index is 0.356. The van der Waals surface area contributed by atoms with Gasteiger partial charge in [0.05, 0.1) is 15.7 Å². The van der Waals surface area contributed by atoms with Gasteiger partial charge in [-0.25, -0.2) is 0 Å². The highest BCUT2D eigenvalue weighted by molar-refractivity contribution is 6.43. The number of benzene rings is 2. The highest BCUT2D eigenvalue weighted by atomic mass is 35.5. The summed E-state index contributed by atoms with van der Waals surface area (Å²) in [7, 11) is 0. The molecule has 0 radical (unpaired) electrons. The molecular formula is C15H17Cl2NO2. The number of halogens is 2. The van der Waals surface area contributed by atoms with Crippen LogP contribution >= 0.6 is 23.2 Å². The Bertz CT molecular complexity index is 513. The van der Waals surface area contributed by atoms with Crippen molar-refractivity contribution in [3.05, 3.63) is 58.1 Å². The van der Waals surface area contributed by atoms with Crippen LogP contribution in [0.4, 0.5) is 5.69 Å². The molecule has 2 aromatic rings. The molecule has 3 N–H and O–H groups in total. The highest BCUT2D eigenvalue weighted by Gasteiger charge is 1.97. The lowest BCUT2D eigenvalue weighted by atomic mass is 10.2. The van der Waals surface area contributed by atoms with Crippen LogP contribution in [0.2, 0.25) is 10.0 Å². The third-order valence-corrected chi connectivity index (χ3v) is 3.13. The lowest BCUT2D eigenvalue weighted by Crippen LogP contribution is -1.84. The summed E-state index contributed by atoms with van der Waals surface area (Å²) in [5, 5.41) is 9.87. The minimum atomic E-state index is 0.356. The zero-order valence-electron chi connectivity index (χ0n) is 11.1. The molecule has 0 saturated carbocycles. The summed E-state index contributed by atoms with van der Waals surface area (Å²) in [4.78, 5) is 8.00. The summed E-state index contributed by atoms with van der Waals surface area (Å²) in [6.07, 6.45) is 0.981. The molecule has 108 valence electrons. The van der Waals surface area contributed by atoms with E-state index in [0.717, 1.165) is 6.42 Å². The average Bonchev–Trinajstić information content (AvgIpc) is 2.47. The first-order valence-electron chi connectivity index (χ1n) is 5.80. The molecule has 0 unspecified atom stereocenters. The number of hydrogen-bond donors (Lipinski definition) is 2. The summed E-state index contributed by atoms with van der Waals surface area (Å²) < 4.78 is 0. The van der Waals surface area contributed by atoms with Gasteiger partial charge in [0.25, 0.3) is 0 Å². The Kier molecular flexibility index (Phi) is 9.26. The van der Waals surface area contributed by atoms with Gasteiger partial charge in [-0.2, -0.15) is 0 Å². The SMILES string of the molecule is C=O.CCc1cccc(O)c1.Nc1cccc(Cl)c1Cl. The van der Waals surface area contributed by atoms with Gasteiger partial charge in [-0.05, 0) is 36.2 Å². The largest absolute Gasteiger partial charge is 0.508 e. The lowest BCUT2D eigenvalue weighted by molar-refractivity contribution is -0.0979. The quantitative estimate of drug-likeness (QED) is 0.769. The fourth-order valence-corrected chi connectivity index (χ4v) is 1.60. The Balaban J connectivity index is 0.000000321. The van der Waals surface area contributed by atoms with E-state index in [1.54, 1.807) is 30.3 Å². The van der Waals surface area contributed by atoms with Crippen LogP contribution < -0.4 is 5.73 Å². The third kappa shape index (κ3) is 6.45. The Labute approximate surface area is 128 Å². The molecule has 0 atom stereocenters. The van der Waals surface area contributed by atoms with Gasteiger partial charge in [0.1, 0.15) is 12.5 Å². The van der Waals surface area contributed by atoms with Crippen LogP contribution in [0.25, 0.3) is 0 Å². The summed E-state index contributed by atoms with van der Waals surface area (Å²) in [6, 6.07) is 12.5. The van der Waals surface area contributed by atoms with Crippen LogP contribution in [0.1, 0.15) is 12.5 Å². The van der Waals surface area contributed by atoms with E-state index in [1.165, 1.54) is 5.56 Å². The molecule has 0 aliphatic rings. The number of nitrogens with two attached hydrogens (primary N) is 1. The van der Waals surface area contributed by atoms with Gasteiger partial charge in [-0.1, -0.05) is 48.3 Å². The monoisotopic (exact) mass is 313 g/mol. The lowest BCUT2D eigenvalue weighted by Gasteiger charge is -1.96. The number of nitrogen functional groups attached to an aromatic ring is 1. The zero-order valence-corrected chi connectivity index (χ0v) is 12.7. The van der Waals surface area contributed by atoms with Gasteiger partial charge >= 0.3 is 0 Å². The van der Waals surface area contributed by atoms with E-state index in [2.05, 4.69) is 6.92 Å². The van der Waals surface area contributed by atoms with E-state index < -0.39 is 0 Å². The van der Waals surface area contributed by atoms with Crippen LogP contribution in [0.5, 0.6) is 5.75 Å². The average molecular weight is 314 g/mol. The zero-order chi connectivity index (χ0) is 15.5. The fraction of sp³-hybridized carbons (Fsp3) is 0.133. The summed E-state index contributed by atoms with van der Waals surface area (Å²) >= 11 is 11.2. The van der Waals surface area contributed by atoms with Crippen LogP contribution in [-0.2, 0) is 11.2 Å². The minimum Gasteiger partial charge on any atom is -0.508 e. The van der Waals surface area contributed by atoms with Crippen LogP contribution in [0, 0.1) is 0 Å². The van der Waals surface area contributed by atoms with Crippen molar-refractivity contribution < 1.29 is 9.90 Å². The maximum absolute atomic E-state index is 8.94. The van der Waals surface area contributed by atoms with Crippen molar-refractivity contribution in [2.24, 2.45) is 0 Å². The van der Waals surface area contributed by atoms with Gasteiger partial charge < -0.3 is 15.6 Å². The van der Waals surface area contributed by atoms with Gasteiger partial charge in [0.15, 0.2) is 0 Å². The van der Waals surface area contributed by atoms with Gasteiger partial charge in [-0.15, -0.1) is 0 Å². The van der Waals surface area contributed by atoms with E-state index >= 15 is 0 Å². The molecule has 0 bridgehead atoms. The van der Waals surface area contributed by atoms with E-state index in [4.69, 9.17) is 38.8 Å². The van der Waals surface area contributed by atoms with Gasteiger partial charge in [-0.3, -0.25) is 0 Å². The maximum Gasteiger partial charge on any atom is 0.115 e. The number of aryl methyl sites for hydroxylation is 1. The van der Waals surface area contributed by atoms with Gasteiger partial charge in [0.2, 0.25) is 0 Å². The predicted octanol–water partition coefficient (Wildman–Crippen LogP) is 4.35. The first-order chi connectivity index (χ1) is 9.54. The second-order valence-electron chi connectivity index (χ2n) is 3.67. The topological polar surface area (TPSA) is 63.3 Å². The Morgan fingerprint density at radius 1 is 1.15 bits per heavy atom. The highest BCUT2D eigenvalue weighted by Crippen LogP contribution is 2.26. The standard InChI is InChI=1S/C8H10O.C6H5Cl2N.CH2O/c1-2-7-4-3-5-8(9)6-7;7-4-2-1-3-5(9)6(4)8;1-2/h3-6,9H,2H2,1H3;1-3H,9H2;1H2. The molecule has 0 amide bonds. The molecule has 0 aliphatic carbocycles. The fourth-order valence-electron chi connectivity index (χ4n) is 1.30. The number of anilines is 1. The Hall–Kier alpha value is -1.71. The number of rotatable bonds is 1. The van der Waals surface area contributed by atoms with E-state index in [1.807, 2.05) is 18.9 Å². The summed E-state index contributed by atoms with van der Waals surface area (Å²) in [5.74, 6) is 0.356. The second kappa shape index (κ2) is 10.1. The van der Waals surface area contributed by atoms with Crippen molar-refractivity contribution in [1.82, 2.24) is 0 Å². The second-order valence-corrected chi connectivity index (χ2v) is 4.45. The summed E-state index contributed by atoms with van der Waals surface area (Å²) in [6.45, 7) is 4.06. The summed E-state index contributed by atoms with van der Waals surface area (Å²) in [5.41, 5.74) is 7.10. The predicted molar refractivity (Wildman–Crippen MR) is 85.5 cm³/mol. The van der Waals surface area contributed by atoms with Crippen molar-refractivity contribution in [2.75, 3.05) is 5.73 Å². The molecular weight excluding hydrogens is 297 g/mol. The number of hydrogen-bond acceptors (Lipinski definition) is 3. The van der Waals surface area contributed by atoms with E-state index in [-0.39, 0.29) is 0 Å².